The van der Waals surface area contributed by atoms with Crippen LogP contribution in [0.25, 0.3) is 11.3 Å². The van der Waals surface area contributed by atoms with Crippen molar-refractivity contribution in [3.63, 3.8) is 0 Å². The van der Waals surface area contributed by atoms with Gasteiger partial charge in [0.15, 0.2) is 0 Å². The number of rotatable bonds is 6. The van der Waals surface area contributed by atoms with E-state index in [0.717, 1.165) is 24.3 Å². The summed E-state index contributed by atoms with van der Waals surface area (Å²) in [6, 6.07) is 12.9. The van der Waals surface area contributed by atoms with Crippen LogP contribution in [0.3, 0.4) is 0 Å². The summed E-state index contributed by atoms with van der Waals surface area (Å²) in [5.74, 6) is 0.529. The van der Waals surface area contributed by atoms with E-state index in [0.29, 0.717) is 11.3 Å². The quantitative estimate of drug-likeness (QED) is 0.614. The molecule has 0 aliphatic rings. The van der Waals surface area contributed by atoms with E-state index in [2.05, 4.69) is 76.0 Å². The van der Waals surface area contributed by atoms with Crippen molar-refractivity contribution in [3.8, 4) is 11.3 Å². The Hall–Kier alpha value is -1.67. The van der Waals surface area contributed by atoms with Gasteiger partial charge in [0.2, 0.25) is 0 Å². The van der Waals surface area contributed by atoms with Crippen molar-refractivity contribution in [1.82, 2.24) is 4.98 Å². The summed E-state index contributed by atoms with van der Waals surface area (Å²) in [7, 11) is 0. The fourth-order valence-corrected chi connectivity index (χ4v) is 3.18. The number of ether oxygens (including phenoxy) is 1. The topological polar surface area (TPSA) is 22.1 Å². The minimum Gasteiger partial charge on any atom is -0.374 e. The van der Waals surface area contributed by atoms with Crippen molar-refractivity contribution in [3.05, 3.63) is 53.7 Å². The number of hydrogen-bond acceptors (Lipinski definition) is 2. The minimum absolute atomic E-state index is 0.137. The lowest BCUT2D eigenvalue weighted by Crippen LogP contribution is -2.10. The van der Waals surface area contributed by atoms with Gasteiger partial charge in [0.25, 0.3) is 0 Å². The minimum atomic E-state index is 0.137. The number of hydrogen-bond donors (Lipinski definition) is 0. The van der Waals surface area contributed by atoms with Crippen LogP contribution in [0.1, 0.15) is 71.1 Å². The average Bonchev–Trinajstić information content (AvgIpc) is 2.54. The predicted molar refractivity (Wildman–Crippen MR) is 102 cm³/mol. The van der Waals surface area contributed by atoms with Crippen molar-refractivity contribution in [2.24, 2.45) is 5.41 Å². The summed E-state index contributed by atoms with van der Waals surface area (Å²) in [6.07, 6.45) is 3.33. The lowest BCUT2D eigenvalue weighted by Gasteiger charge is -2.23. The largest absolute Gasteiger partial charge is 0.374 e. The second-order valence-corrected chi connectivity index (χ2v) is 7.86. The summed E-state index contributed by atoms with van der Waals surface area (Å²) in [5, 5.41) is 0. The molecular formula is C22H31NO. The Morgan fingerprint density at radius 1 is 0.958 bits per heavy atom. The third kappa shape index (κ3) is 5.17. The fraction of sp³-hybridized carbons (Fsp3) is 0.500. The van der Waals surface area contributed by atoms with Gasteiger partial charge in [-0.1, -0.05) is 58.0 Å². The van der Waals surface area contributed by atoms with Gasteiger partial charge >= 0.3 is 0 Å². The molecule has 0 spiro atoms. The second kappa shape index (κ2) is 7.94. The Morgan fingerprint density at radius 3 is 2.08 bits per heavy atom. The van der Waals surface area contributed by atoms with Gasteiger partial charge in [-0.05, 0) is 48.8 Å². The molecule has 0 N–H and O–H groups in total. The lowest BCUT2D eigenvalue weighted by atomic mass is 9.83. The molecule has 2 nitrogen and oxygen atoms in total. The van der Waals surface area contributed by atoms with Gasteiger partial charge in [-0.15, -0.1) is 0 Å². The van der Waals surface area contributed by atoms with Crippen LogP contribution in [0.2, 0.25) is 0 Å². The monoisotopic (exact) mass is 325 g/mol. The van der Waals surface area contributed by atoms with Crippen molar-refractivity contribution in [2.45, 2.75) is 60.0 Å². The molecule has 2 unspecified atom stereocenters. The van der Waals surface area contributed by atoms with Crippen molar-refractivity contribution >= 4 is 0 Å². The molecule has 0 fully saturated rings. The zero-order valence-electron chi connectivity index (χ0n) is 16.0. The van der Waals surface area contributed by atoms with Crippen molar-refractivity contribution < 1.29 is 4.74 Å². The SMILES string of the molecule is CCOC(C)c1ccc(-c2ccc(C(C)CC(C)(C)C)cn2)cc1. The molecule has 0 saturated carbocycles. The highest BCUT2D eigenvalue weighted by Gasteiger charge is 2.17. The molecule has 0 bridgehead atoms. The molecule has 24 heavy (non-hydrogen) atoms. The van der Waals surface area contributed by atoms with E-state index in [9.17, 15) is 0 Å². The maximum Gasteiger partial charge on any atom is 0.0796 e. The molecule has 2 aromatic rings. The van der Waals surface area contributed by atoms with Gasteiger partial charge in [0, 0.05) is 18.4 Å². The standard InChI is InChI=1S/C22H31NO/c1-7-24-17(3)18-8-10-19(11-9-18)21-13-12-20(15-23-21)16(2)14-22(4,5)6/h8-13,15-17H,7,14H2,1-6H3. The summed E-state index contributed by atoms with van der Waals surface area (Å²) in [5.41, 5.74) is 5.03. The summed E-state index contributed by atoms with van der Waals surface area (Å²) in [6.45, 7) is 14.0. The van der Waals surface area contributed by atoms with E-state index in [1.165, 1.54) is 11.1 Å². The zero-order valence-corrected chi connectivity index (χ0v) is 16.0. The van der Waals surface area contributed by atoms with Crippen LogP contribution in [0, 0.1) is 5.41 Å². The van der Waals surface area contributed by atoms with Gasteiger partial charge in [0.1, 0.15) is 0 Å². The predicted octanol–water partition coefficient (Wildman–Crippen LogP) is 6.39. The van der Waals surface area contributed by atoms with Gasteiger partial charge in [0.05, 0.1) is 11.8 Å². The van der Waals surface area contributed by atoms with Crippen LogP contribution >= 0.6 is 0 Å². The molecule has 2 atom stereocenters. The second-order valence-electron chi connectivity index (χ2n) is 7.86. The molecular weight excluding hydrogens is 294 g/mol. The van der Waals surface area contributed by atoms with Gasteiger partial charge in [-0.2, -0.15) is 0 Å². The van der Waals surface area contributed by atoms with Crippen LogP contribution < -0.4 is 0 Å². The smallest absolute Gasteiger partial charge is 0.0796 e. The first kappa shape index (κ1) is 18.7. The summed E-state index contributed by atoms with van der Waals surface area (Å²) < 4.78 is 5.64. The highest BCUT2D eigenvalue weighted by Crippen LogP contribution is 2.31. The Labute approximate surface area is 147 Å². The Balaban J connectivity index is 2.10. The van der Waals surface area contributed by atoms with Gasteiger partial charge < -0.3 is 4.74 Å². The van der Waals surface area contributed by atoms with Gasteiger partial charge in [-0.3, -0.25) is 4.98 Å². The summed E-state index contributed by atoms with van der Waals surface area (Å²) >= 11 is 0. The number of nitrogens with zero attached hydrogens (tertiary/aromatic N) is 1. The third-order valence-electron chi connectivity index (χ3n) is 4.37. The average molecular weight is 325 g/mol. The first-order valence-electron chi connectivity index (χ1n) is 8.98. The van der Waals surface area contributed by atoms with Crippen LogP contribution in [-0.2, 0) is 4.74 Å². The Bertz CT molecular complexity index is 623. The molecule has 0 radical (unpaired) electrons. The van der Waals surface area contributed by atoms with E-state index >= 15 is 0 Å². The number of pyridine rings is 1. The fourth-order valence-electron chi connectivity index (χ4n) is 3.18. The van der Waals surface area contributed by atoms with Crippen LogP contribution in [0.15, 0.2) is 42.6 Å². The molecule has 2 heteroatoms. The van der Waals surface area contributed by atoms with Gasteiger partial charge in [-0.25, -0.2) is 0 Å². The Morgan fingerprint density at radius 2 is 1.58 bits per heavy atom. The molecule has 1 aromatic heterocycles. The molecule has 2 rings (SSSR count). The highest BCUT2D eigenvalue weighted by atomic mass is 16.5. The maximum absolute atomic E-state index is 5.64. The molecule has 0 amide bonds. The molecule has 1 heterocycles. The van der Waals surface area contributed by atoms with E-state index in [4.69, 9.17) is 4.74 Å². The third-order valence-corrected chi connectivity index (χ3v) is 4.37. The first-order valence-corrected chi connectivity index (χ1v) is 8.98. The zero-order chi connectivity index (χ0) is 17.7. The number of aromatic nitrogens is 1. The van der Waals surface area contributed by atoms with E-state index in [-0.39, 0.29) is 6.10 Å². The van der Waals surface area contributed by atoms with Crippen LogP contribution in [0.5, 0.6) is 0 Å². The summed E-state index contributed by atoms with van der Waals surface area (Å²) in [4.78, 5) is 4.68. The maximum atomic E-state index is 5.64. The van der Waals surface area contributed by atoms with Crippen molar-refractivity contribution in [1.29, 1.82) is 0 Å². The molecule has 0 aliphatic carbocycles. The Kier molecular flexibility index (Phi) is 6.17. The molecule has 1 aromatic carbocycles. The van der Waals surface area contributed by atoms with Crippen LogP contribution in [0.4, 0.5) is 0 Å². The molecule has 0 aliphatic heterocycles. The normalized spacial score (nSPS) is 14.4. The van der Waals surface area contributed by atoms with Crippen molar-refractivity contribution in [2.75, 3.05) is 6.61 Å². The molecule has 130 valence electrons. The number of benzene rings is 1. The van der Waals surface area contributed by atoms with E-state index < -0.39 is 0 Å². The van der Waals surface area contributed by atoms with E-state index in [1.54, 1.807) is 0 Å². The lowest BCUT2D eigenvalue weighted by molar-refractivity contribution is 0.0764. The van der Waals surface area contributed by atoms with Crippen LogP contribution in [-0.4, -0.2) is 11.6 Å². The molecule has 0 saturated heterocycles. The van der Waals surface area contributed by atoms with E-state index in [1.807, 2.05) is 13.1 Å². The highest BCUT2D eigenvalue weighted by molar-refractivity contribution is 5.59. The first-order chi connectivity index (χ1) is 11.3.